The highest BCUT2D eigenvalue weighted by Gasteiger charge is 2.29. The molecule has 4 rings (SSSR count). The molecule has 0 aliphatic carbocycles. The van der Waals surface area contributed by atoms with Crippen molar-refractivity contribution in [3.8, 4) is 6.07 Å². The maximum Gasteiger partial charge on any atom is 0.254 e. The van der Waals surface area contributed by atoms with Gasteiger partial charge in [-0.3, -0.25) is 0 Å². The van der Waals surface area contributed by atoms with Gasteiger partial charge in [0.1, 0.15) is 12.1 Å². The number of nitrogens with one attached hydrogen (secondary N) is 1. The summed E-state index contributed by atoms with van der Waals surface area (Å²) in [6, 6.07) is 12.1. The highest BCUT2D eigenvalue weighted by Crippen LogP contribution is 2.24. The number of benzene rings is 1. The Labute approximate surface area is 133 Å². The van der Waals surface area contributed by atoms with Crippen LogP contribution >= 0.6 is 0 Å². The van der Waals surface area contributed by atoms with Crippen molar-refractivity contribution >= 4 is 17.3 Å². The lowest BCUT2D eigenvalue weighted by Gasteiger charge is -2.41. The highest BCUT2D eigenvalue weighted by molar-refractivity contribution is 5.54. The number of rotatable bonds is 3. The number of fused-ring (bicyclic) bond motifs is 1. The van der Waals surface area contributed by atoms with Gasteiger partial charge in [0, 0.05) is 30.5 Å². The number of aromatic nitrogens is 4. The Morgan fingerprint density at radius 1 is 1.30 bits per heavy atom. The summed E-state index contributed by atoms with van der Waals surface area (Å²) in [4.78, 5) is 10.8. The summed E-state index contributed by atoms with van der Waals surface area (Å²) in [5.74, 6) is 1.63. The molecule has 0 spiro atoms. The summed E-state index contributed by atoms with van der Waals surface area (Å²) in [5, 5.41) is 16.7. The molecule has 1 aliphatic heterocycles. The second-order valence-corrected chi connectivity index (χ2v) is 5.67. The van der Waals surface area contributed by atoms with E-state index in [4.69, 9.17) is 5.26 Å². The topological polar surface area (TPSA) is 82.1 Å². The van der Waals surface area contributed by atoms with Gasteiger partial charge < -0.3 is 10.2 Å². The standard InChI is InChI=1S/C16H15N7/c1-11-5-15(23-16(20-11)18-10-19-23)22-8-14(9-22)21-13-4-2-3-12(6-13)7-17/h2-6,10,14,21H,8-9H2,1H3. The second kappa shape index (κ2) is 5.25. The van der Waals surface area contributed by atoms with E-state index in [9.17, 15) is 0 Å². The number of anilines is 2. The predicted molar refractivity (Wildman–Crippen MR) is 86.3 cm³/mol. The number of hydrogen-bond donors (Lipinski definition) is 1. The number of nitrogens with zero attached hydrogens (tertiary/aromatic N) is 6. The molecule has 2 aromatic heterocycles. The van der Waals surface area contributed by atoms with E-state index >= 15 is 0 Å². The molecule has 0 atom stereocenters. The fraction of sp³-hybridized carbons (Fsp3) is 0.250. The SMILES string of the molecule is Cc1cc(N2CC(Nc3cccc(C#N)c3)C2)n2ncnc2n1. The maximum absolute atomic E-state index is 8.96. The number of hydrogen-bond acceptors (Lipinski definition) is 6. The Bertz CT molecular complexity index is 902. The van der Waals surface area contributed by atoms with E-state index in [1.807, 2.05) is 31.2 Å². The Hall–Kier alpha value is -3.14. The van der Waals surface area contributed by atoms with Gasteiger partial charge in [0.25, 0.3) is 5.78 Å². The van der Waals surface area contributed by atoms with Gasteiger partial charge >= 0.3 is 0 Å². The minimum Gasteiger partial charge on any atom is -0.379 e. The zero-order chi connectivity index (χ0) is 15.8. The predicted octanol–water partition coefficient (Wildman–Crippen LogP) is 1.61. The molecule has 0 radical (unpaired) electrons. The van der Waals surface area contributed by atoms with E-state index in [0.717, 1.165) is 30.3 Å². The van der Waals surface area contributed by atoms with E-state index in [2.05, 4.69) is 31.4 Å². The van der Waals surface area contributed by atoms with Crippen LogP contribution in [-0.4, -0.2) is 38.7 Å². The Morgan fingerprint density at radius 2 is 2.17 bits per heavy atom. The van der Waals surface area contributed by atoms with E-state index in [0.29, 0.717) is 17.4 Å². The molecule has 0 bridgehead atoms. The molecule has 1 aliphatic rings. The second-order valence-electron chi connectivity index (χ2n) is 5.67. The fourth-order valence-corrected chi connectivity index (χ4v) is 2.81. The van der Waals surface area contributed by atoms with Gasteiger partial charge in [-0.15, -0.1) is 0 Å². The molecule has 0 amide bonds. The smallest absolute Gasteiger partial charge is 0.254 e. The first-order valence-electron chi connectivity index (χ1n) is 7.42. The van der Waals surface area contributed by atoms with Gasteiger partial charge in [-0.1, -0.05) is 6.07 Å². The molecule has 3 aromatic rings. The quantitative estimate of drug-likeness (QED) is 0.791. The molecule has 1 saturated heterocycles. The zero-order valence-electron chi connectivity index (χ0n) is 12.6. The van der Waals surface area contributed by atoms with Crippen LogP contribution in [0.2, 0.25) is 0 Å². The molecule has 1 fully saturated rings. The minimum atomic E-state index is 0.344. The van der Waals surface area contributed by atoms with Crippen molar-refractivity contribution in [3.05, 3.63) is 47.9 Å². The summed E-state index contributed by atoms with van der Waals surface area (Å²) < 4.78 is 1.76. The minimum absolute atomic E-state index is 0.344. The van der Waals surface area contributed by atoms with Crippen molar-refractivity contribution in [1.29, 1.82) is 5.26 Å². The molecular weight excluding hydrogens is 290 g/mol. The van der Waals surface area contributed by atoms with Crippen LogP contribution in [0.15, 0.2) is 36.7 Å². The van der Waals surface area contributed by atoms with E-state index in [1.54, 1.807) is 10.6 Å². The van der Waals surface area contributed by atoms with Crippen LogP contribution < -0.4 is 10.2 Å². The molecule has 23 heavy (non-hydrogen) atoms. The summed E-state index contributed by atoms with van der Waals surface area (Å²) in [6.45, 7) is 3.70. The van der Waals surface area contributed by atoms with Gasteiger partial charge in [-0.05, 0) is 25.1 Å². The molecule has 0 unspecified atom stereocenters. The van der Waals surface area contributed by atoms with Crippen LogP contribution in [0.1, 0.15) is 11.3 Å². The van der Waals surface area contributed by atoms with E-state index in [-0.39, 0.29) is 0 Å². The summed E-state index contributed by atoms with van der Waals surface area (Å²) in [7, 11) is 0. The molecule has 1 aromatic carbocycles. The summed E-state index contributed by atoms with van der Waals surface area (Å²) >= 11 is 0. The first-order chi connectivity index (χ1) is 11.2. The third-order valence-corrected chi connectivity index (χ3v) is 3.93. The third-order valence-electron chi connectivity index (χ3n) is 3.93. The van der Waals surface area contributed by atoms with Crippen LogP contribution in [-0.2, 0) is 0 Å². The van der Waals surface area contributed by atoms with Crippen molar-refractivity contribution in [2.24, 2.45) is 0 Å². The number of nitriles is 1. The molecule has 1 N–H and O–H groups in total. The largest absolute Gasteiger partial charge is 0.379 e. The van der Waals surface area contributed by atoms with E-state index < -0.39 is 0 Å². The molecule has 0 saturated carbocycles. The molecule has 114 valence electrons. The molecular formula is C16H15N7. The van der Waals surface area contributed by atoms with Gasteiger partial charge in [-0.25, -0.2) is 4.98 Å². The normalized spacial score (nSPS) is 14.5. The lowest BCUT2D eigenvalue weighted by atomic mass is 10.1. The first-order valence-corrected chi connectivity index (χ1v) is 7.42. The van der Waals surface area contributed by atoms with Crippen LogP contribution in [0.4, 0.5) is 11.5 Å². The third kappa shape index (κ3) is 2.44. The lowest BCUT2D eigenvalue weighted by molar-refractivity contribution is 0.538. The van der Waals surface area contributed by atoms with Gasteiger partial charge in [0.15, 0.2) is 0 Å². The lowest BCUT2D eigenvalue weighted by Crippen LogP contribution is -2.55. The van der Waals surface area contributed by atoms with Crippen LogP contribution in [0, 0.1) is 18.3 Å². The van der Waals surface area contributed by atoms with Crippen molar-refractivity contribution in [1.82, 2.24) is 19.6 Å². The van der Waals surface area contributed by atoms with Gasteiger partial charge in [-0.2, -0.15) is 19.9 Å². The average Bonchev–Trinajstić information content (AvgIpc) is 2.98. The van der Waals surface area contributed by atoms with Crippen molar-refractivity contribution in [2.45, 2.75) is 13.0 Å². The highest BCUT2D eigenvalue weighted by atomic mass is 15.4. The van der Waals surface area contributed by atoms with Crippen LogP contribution in [0.5, 0.6) is 0 Å². The van der Waals surface area contributed by atoms with Crippen molar-refractivity contribution in [2.75, 3.05) is 23.3 Å². The number of aryl methyl sites for hydroxylation is 1. The van der Waals surface area contributed by atoms with Crippen molar-refractivity contribution in [3.63, 3.8) is 0 Å². The molecule has 7 heteroatoms. The van der Waals surface area contributed by atoms with Crippen molar-refractivity contribution < 1.29 is 0 Å². The monoisotopic (exact) mass is 305 g/mol. The fourth-order valence-electron chi connectivity index (χ4n) is 2.81. The Kier molecular flexibility index (Phi) is 3.08. The van der Waals surface area contributed by atoms with Crippen LogP contribution in [0.3, 0.4) is 0 Å². The summed E-state index contributed by atoms with van der Waals surface area (Å²) in [5.41, 5.74) is 2.57. The van der Waals surface area contributed by atoms with E-state index in [1.165, 1.54) is 6.33 Å². The molecule has 3 heterocycles. The Morgan fingerprint density at radius 3 is 3.00 bits per heavy atom. The van der Waals surface area contributed by atoms with Gasteiger partial charge in [0.2, 0.25) is 0 Å². The van der Waals surface area contributed by atoms with Crippen LogP contribution in [0.25, 0.3) is 5.78 Å². The maximum atomic E-state index is 8.96. The average molecular weight is 305 g/mol. The first kappa shape index (κ1) is 13.5. The zero-order valence-corrected chi connectivity index (χ0v) is 12.6. The summed E-state index contributed by atoms with van der Waals surface area (Å²) in [6.07, 6.45) is 1.52. The Balaban J connectivity index is 1.48. The van der Waals surface area contributed by atoms with Gasteiger partial charge in [0.05, 0.1) is 17.7 Å². The molecule has 7 nitrogen and oxygen atoms in total.